The van der Waals surface area contributed by atoms with E-state index in [9.17, 15) is 13.2 Å². The maximum atomic E-state index is 14.6. The van der Waals surface area contributed by atoms with Crippen LogP contribution in [-0.2, 0) is 25.9 Å². The molecule has 0 amide bonds. The molecule has 1 aliphatic heterocycles. The van der Waals surface area contributed by atoms with Crippen LogP contribution in [0.4, 0.5) is 13.2 Å². The van der Waals surface area contributed by atoms with E-state index in [1.54, 1.807) is 6.20 Å². The largest absolute Gasteiger partial charge is 0.342 e. The monoisotopic (exact) mass is 359 g/mol. The predicted octanol–water partition coefficient (Wildman–Crippen LogP) is 4.07. The number of hydrogen-bond acceptors (Lipinski definition) is 2. The Bertz CT molecular complexity index is 965. The van der Waals surface area contributed by atoms with Gasteiger partial charge in [0.25, 0.3) is 0 Å². The number of halogens is 3. The molecule has 1 aliphatic rings. The predicted molar refractivity (Wildman–Crippen MR) is 94.4 cm³/mol. The summed E-state index contributed by atoms with van der Waals surface area (Å²) < 4.78 is 43.8. The molecule has 3 nitrogen and oxygen atoms in total. The molecule has 2 aromatic heterocycles. The van der Waals surface area contributed by atoms with Gasteiger partial charge in [-0.2, -0.15) is 0 Å². The second kappa shape index (κ2) is 6.76. The Kier molecular flexibility index (Phi) is 4.44. The molecule has 0 N–H and O–H groups in total. The summed E-state index contributed by atoms with van der Waals surface area (Å²) in [6, 6.07) is 3.81. The zero-order valence-electron chi connectivity index (χ0n) is 14.6. The van der Waals surface area contributed by atoms with Crippen molar-refractivity contribution in [3.63, 3.8) is 0 Å². The highest BCUT2D eigenvalue weighted by Gasteiger charge is 2.25. The lowest BCUT2D eigenvalue weighted by atomic mass is 10.0. The van der Waals surface area contributed by atoms with Gasteiger partial charge in [-0.15, -0.1) is 0 Å². The number of rotatable bonds is 4. The first-order chi connectivity index (χ1) is 12.6. The molecular weight excluding hydrogens is 339 g/mol. The fourth-order valence-corrected chi connectivity index (χ4v) is 3.90. The number of nitrogens with zero attached hydrogens (tertiary/aromatic N) is 3. The van der Waals surface area contributed by atoms with Gasteiger partial charge < -0.3 is 4.57 Å². The van der Waals surface area contributed by atoms with Gasteiger partial charge >= 0.3 is 0 Å². The summed E-state index contributed by atoms with van der Waals surface area (Å²) in [6.45, 7) is 5.08. The smallest absolute Gasteiger partial charge is 0.150 e. The third kappa shape index (κ3) is 2.98. The molecule has 0 bridgehead atoms. The van der Waals surface area contributed by atoms with Crippen molar-refractivity contribution < 1.29 is 13.2 Å². The van der Waals surface area contributed by atoms with Gasteiger partial charge in [-0.25, -0.2) is 13.2 Å². The van der Waals surface area contributed by atoms with Gasteiger partial charge in [0.15, 0.2) is 0 Å². The lowest BCUT2D eigenvalue weighted by Crippen LogP contribution is -2.30. The van der Waals surface area contributed by atoms with Crippen LogP contribution in [0.3, 0.4) is 0 Å². The minimum Gasteiger partial charge on any atom is -0.342 e. The van der Waals surface area contributed by atoms with Crippen molar-refractivity contribution in [2.45, 2.75) is 32.9 Å². The van der Waals surface area contributed by atoms with Crippen molar-refractivity contribution >= 4 is 10.9 Å². The average Bonchev–Trinajstić information content (AvgIpc) is 2.93. The van der Waals surface area contributed by atoms with Gasteiger partial charge in [0.05, 0.1) is 11.7 Å². The molecule has 136 valence electrons. The minimum atomic E-state index is -0.557. The van der Waals surface area contributed by atoms with Crippen LogP contribution < -0.4 is 0 Å². The highest BCUT2D eigenvalue weighted by molar-refractivity contribution is 5.86. The SMILES string of the molecule is CCN1CCc2c(c3cc(F)cc(F)c3n2CCc2cncc(F)c2)C1. The van der Waals surface area contributed by atoms with E-state index < -0.39 is 11.6 Å². The molecule has 0 atom stereocenters. The van der Waals surface area contributed by atoms with Crippen LogP contribution in [0.15, 0.2) is 30.6 Å². The summed E-state index contributed by atoms with van der Waals surface area (Å²) >= 11 is 0. The van der Waals surface area contributed by atoms with Gasteiger partial charge in [0, 0.05) is 49.4 Å². The van der Waals surface area contributed by atoms with Crippen molar-refractivity contribution in [2.75, 3.05) is 13.1 Å². The zero-order chi connectivity index (χ0) is 18.3. The molecule has 26 heavy (non-hydrogen) atoms. The summed E-state index contributed by atoms with van der Waals surface area (Å²) in [5, 5.41) is 0.646. The average molecular weight is 359 g/mol. The van der Waals surface area contributed by atoms with E-state index in [-0.39, 0.29) is 5.82 Å². The first-order valence-electron chi connectivity index (χ1n) is 8.87. The molecule has 0 fully saturated rings. The molecule has 0 radical (unpaired) electrons. The van der Waals surface area contributed by atoms with E-state index in [1.807, 2.05) is 4.57 Å². The third-order valence-electron chi connectivity index (χ3n) is 5.18. The van der Waals surface area contributed by atoms with Crippen LogP contribution in [0.25, 0.3) is 10.9 Å². The summed E-state index contributed by atoms with van der Waals surface area (Å²) in [7, 11) is 0. The number of fused-ring (bicyclic) bond motifs is 3. The van der Waals surface area contributed by atoms with Crippen LogP contribution in [0, 0.1) is 17.5 Å². The Morgan fingerprint density at radius 3 is 2.69 bits per heavy atom. The molecule has 0 unspecified atom stereocenters. The van der Waals surface area contributed by atoms with Crippen molar-refractivity contribution in [3.05, 3.63) is 64.9 Å². The molecule has 6 heteroatoms. The highest BCUT2D eigenvalue weighted by atomic mass is 19.1. The second-order valence-corrected chi connectivity index (χ2v) is 6.74. The maximum absolute atomic E-state index is 14.6. The quantitative estimate of drug-likeness (QED) is 0.700. The first kappa shape index (κ1) is 17.1. The summed E-state index contributed by atoms with van der Waals surface area (Å²) in [4.78, 5) is 6.14. The fourth-order valence-electron chi connectivity index (χ4n) is 3.90. The zero-order valence-corrected chi connectivity index (χ0v) is 14.6. The molecular formula is C20H20F3N3. The number of benzene rings is 1. The molecule has 0 aliphatic carbocycles. The van der Waals surface area contributed by atoms with E-state index in [0.29, 0.717) is 30.4 Å². The molecule has 0 saturated heterocycles. The summed E-state index contributed by atoms with van der Waals surface area (Å²) in [5.74, 6) is -1.48. The molecule has 0 spiro atoms. The van der Waals surface area contributed by atoms with Gasteiger partial charge in [0.1, 0.15) is 17.5 Å². The fraction of sp³-hybridized carbons (Fsp3) is 0.350. The van der Waals surface area contributed by atoms with Gasteiger partial charge in [-0.1, -0.05) is 6.92 Å². The Balaban J connectivity index is 1.78. The van der Waals surface area contributed by atoms with Crippen LogP contribution in [0.5, 0.6) is 0 Å². The van der Waals surface area contributed by atoms with E-state index in [0.717, 1.165) is 48.6 Å². The van der Waals surface area contributed by atoms with Crippen LogP contribution in [-0.4, -0.2) is 27.5 Å². The van der Waals surface area contributed by atoms with E-state index in [2.05, 4.69) is 16.8 Å². The van der Waals surface area contributed by atoms with Crippen molar-refractivity contribution in [3.8, 4) is 0 Å². The standard InChI is InChI=1S/C20H20F3N3/c1-2-25-5-4-19-17(12-25)16-8-14(21)9-18(23)20(16)26(19)6-3-13-7-15(22)11-24-10-13/h7-11H,2-6,12H2,1H3. The van der Waals surface area contributed by atoms with Crippen LogP contribution in [0.2, 0.25) is 0 Å². The number of aromatic nitrogens is 2. The van der Waals surface area contributed by atoms with E-state index >= 15 is 0 Å². The van der Waals surface area contributed by atoms with E-state index in [1.165, 1.54) is 12.1 Å². The summed E-state index contributed by atoms with van der Waals surface area (Å²) in [5.41, 5.74) is 3.26. The van der Waals surface area contributed by atoms with Crippen molar-refractivity contribution in [1.29, 1.82) is 0 Å². The number of pyridine rings is 1. The highest BCUT2D eigenvalue weighted by Crippen LogP contribution is 2.33. The van der Waals surface area contributed by atoms with Crippen LogP contribution >= 0.6 is 0 Å². The lowest BCUT2D eigenvalue weighted by Gasteiger charge is -2.26. The van der Waals surface area contributed by atoms with Crippen molar-refractivity contribution in [1.82, 2.24) is 14.5 Å². The third-order valence-corrected chi connectivity index (χ3v) is 5.18. The molecule has 4 rings (SSSR count). The van der Waals surface area contributed by atoms with Gasteiger partial charge in [0.2, 0.25) is 0 Å². The lowest BCUT2D eigenvalue weighted by molar-refractivity contribution is 0.265. The van der Waals surface area contributed by atoms with Gasteiger partial charge in [-0.3, -0.25) is 9.88 Å². The minimum absolute atomic E-state index is 0.381. The van der Waals surface area contributed by atoms with E-state index in [4.69, 9.17) is 0 Å². The molecule has 1 aromatic carbocycles. The second-order valence-electron chi connectivity index (χ2n) is 6.74. The normalized spacial score (nSPS) is 14.8. The van der Waals surface area contributed by atoms with Crippen LogP contribution in [0.1, 0.15) is 23.7 Å². The summed E-state index contributed by atoms with van der Waals surface area (Å²) in [6.07, 6.45) is 4.11. The molecule has 3 aromatic rings. The Morgan fingerprint density at radius 2 is 1.92 bits per heavy atom. The Morgan fingerprint density at radius 1 is 1.08 bits per heavy atom. The molecule has 3 heterocycles. The number of hydrogen-bond donors (Lipinski definition) is 0. The van der Waals surface area contributed by atoms with Gasteiger partial charge in [-0.05, 0) is 36.2 Å². The number of likely N-dealkylation sites (N-methyl/N-ethyl adjacent to an activating group) is 1. The number of aryl methyl sites for hydroxylation is 2. The first-order valence-corrected chi connectivity index (χ1v) is 8.87. The maximum Gasteiger partial charge on any atom is 0.150 e. The Hall–Kier alpha value is -2.34. The van der Waals surface area contributed by atoms with Crippen molar-refractivity contribution in [2.24, 2.45) is 0 Å². The molecule has 0 saturated carbocycles. The Labute approximate surface area is 150 Å². The topological polar surface area (TPSA) is 21.1 Å².